The topological polar surface area (TPSA) is 56.1 Å². The molecule has 2 aromatic heterocycles. The van der Waals surface area contributed by atoms with Crippen molar-refractivity contribution >= 4 is 29.1 Å². The Morgan fingerprint density at radius 3 is 2.87 bits per heavy atom. The molecule has 1 amide bonds. The lowest BCUT2D eigenvalue weighted by Crippen LogP contribution is -2.25. The van der Waals surface area contributed by atoms with Gasteiger partial charge in [-0.15, -0.1) is 0 Å². The van der Waals surface area contributed by atoms with Crippen molar-refractivity contribution in [3.05, 3.63) is 45.8 Å². The Balaban J connectivity index is 2.03. The van der Waals surface area contributed by atoms with Crippen molar-refractivity contribution in [1.29, 1.82) is 0 Å². The third kappa shape index (κ3) is 4.39. The second-order valence-electron chi connectivity index (χ2n) is 5.08. The first-order chi connectivity index (χ1) is 11.0. The molecular weight excluding hydrogens is 337 g/mol. The monoisotopic (exact) mass is 355 g/mol. The van der Waals surface area contributed by atoms with Gasteiger partial charge in [0.25, 0.3) is 5.91 Å². The molecule has 0 fully saturated rings. The number of ether oxygens (including phenoxy) is 1. The van der Waals surface area contributed by atoms with E-state index in [9.17, 15) is 4.79 Å². The van der Waals surface area contributed by atoms with Crippen LogP contribution in [0.1, 0.15) is 35.8 Å². The molecule has 2 heterocycles. The summed E-state index contributed by atoms with van der Waals surface area (Å²) >= 11 is 11.9. The highest BCUT2D eigenvalue weighted by molar-refractivity contribution is 6.41. The smallest absolute Gasteiger partial charge is 0.268 e. The van der Waals surface area contributed by atoms with E-state index in [1.807, 2.05) is 12.1 Å². The van der Waals surface area contributed by atoms with Crippen LogP contribution >= 0.6 is 23.2 Å². The predicted octanol–water partition coefficient (Wildman–Crippen LogP) is 3.84. The zero-order valence-corrected chi connectivity index (χ0v) is 14.6. The van der Waals surface area contributed by atoms with Gasteiger partial charge in [0.1, 0.15) is 10.8 Å². The van der Waals surface area contributed by atoms with Crippen molar-refractivity contribution in [3.63, 3.8) is 0 Å². The molecular formula is C16H19Cl2N3O2. The van der Waals surface area contributed by atoms with E-state index in [2.05, 4.69) is 17.2 Å². The molecule has 23 heavy (non-hydrogen) atoms. The molecule has 0 atom stereocenters. The van der Waals surface area contributed by atoms with Gasteiger partial charge in [0.2, 0.25) is 5.88 Å². The average Bonchev–Trinajstić information content (AvgIpc) is 2.81. The number of pyridine rings is 1. The third-order valence-corrected chi connectivity index (χ3v) is 4.22. The van der Waals surface area contributed by atoms with Gasteiger partial charge in [0.15, 0.2) is 0 Å². The molecule has 0 spiro atoms. The maximum atomic E-state index is 12.3. The zero-order valence-electron chi connectivity index (χ0n) is 13.1. The van der Waals surface area contributed by atoms with Crippen molar-refractivity contribution in [3.8, 4) is 5.88 Å². The van der Waals surface area contributed by atoms with Gasteiger partial charge in [-0.3, -0.25) is 4.79 Å². The number of unbranched alkanes of at least 4 members (excludes halogenated alkanes) is 1. The van der Waals surface area contributed by atoms with Crippen LogP contribution in [0.5, 0.6) is 5.88 Å². The number of hydrogen-bond donors (Lipinski definition) is 1. The highest BCUT2D eigenvalue weighted by atomic mass is 35.5. The molecule has 0 saturated heterocycles. The van der Waals surface area contributed by atoms with Crippen LogP contribution in [0.3, 0.4) is 0 Å². The van der Waals surface area contributed by atoms with Gasteiger partial charge in [0, 0.05) is 25.4 Å². The van der Waals surface area contributed by atoms with Gasteiger partial charge < -0.3 is 14.6 Å². The standard InChI is InChI=1S/C16H19Cl2N3O2/c1-3-4-8-23-16-11(6-5-7-19-16)10-20-15(22)13-9-12(17)14(18)21(13)2/h5-7,9H,3-4,8,10H2,1-2H3,(H,20,22). The first-order valence-corrected chi connectivity index (χ1v) is 8.15. The van der Waals surface area contributed by atoms with Crippen LogP contribution in [0.4, 0.5) is 0 Å². The van der Waals surface area contributed by atoms with Crippen LogP contribution in [-0.4, -0.2) is 22.1 Å². The Bertz CT molecular complexity index is 686. The van der Waals surface area contributed by atoms with Gasteiger partial charge in [-0.05, 0) is 18.6 Å². The molecule has 0 unspecified atom stereocenters. The van der Waals surface area contributed by atoms with Gasteiger partial charge in [-0.25, -0.2) is 4.98 Å². The Morgan fingerprint density at radius 2 is 2.22 bits per heavy atom. The molecule has 0 aliphatic carbocycles. The van der Waals surface area contributed by atoms with E-state index < -0.39 is 0 Å². The molecule has 1 N–H and O–H groups in total. The highest BCUT2D eigenvalue weighted by Crippen LogP contribution is 2.25. The lowest BCUT2D eigenvalue weighted by atomic mass is 10.2. The number of carbonyl (C=O) groups excluding carboxylic acids is 1. The van der Waals surface area contributed by atoms with Gasteiger partial charge >= 0.3 is 0 Å². The zero-order chi connectivity index (χ0) is 16.8. The minimum absolute atomic E-state index is 0.260. The normalized spacial score (nSPS) is 10.6. The van der Waals surface area contributed by atoms with E-state index in [0.29, 0.717) is 34.9 Å². The molecule has 0 aliphatic heterocycles. The van der Waals surface area contributed by atoms with Crippen molar-refractivity contribution in [2.45, 2.75) is 26.3 Å². The molecule has 0 radical (unpaired) electrons. The van der Waals surface area contributed by atoms with Crippen LogP contribution in [0.25, 0.3) is 0 Å². The van der Waals surface area contributed by atoms with Crippen LogP contribution in [-0.2, 0) is 13.6 Å². The molecule has 2 rings (SSSR count). The van der Waals surface area contributed by atoms with E-state index in [4.69, 9.17) is 27.9 Å². The second-order valence-corrected chi connectivity index (χ2v) is 5.84. The van der Waals surface area contributed by atoms with Crippen molar-refractivity contribution < 1.29 is 9.53 Å². The minimum Gasteiger partial charge on any atom is -0.477 e. The molecule has 0 bridgehead atoms. The summed E-state index contributed by atoms with van der Waals surface area (Å²) in [7, 11) is 1.69. The van der Waals surface area contributed by atoms with Crippen molar-refractivity contribution in [2.75, 3.05) is 6.61 Å². The second kappa shape index (κ2) is 8.22. The summed E-state index contributed by atoms with van der Waals surface area (Å²) in [5, 5.41) is 3.52. The SMILES string of the molecule is CCCCOc1ncccc1CNC(=O)c1cc(Cl)c(Cl)n1C. The van der Waals surface area contributed by atoms with Crippen LogP contribution in [0, 0.1) is 0 Å². The Morgan fingerprint density at radius 1 is 1.43 bits per heavy atom. The van der Waals surface area contributed by atoms with E-state index in [0.717, 1.165) is 18.4 Å². The molecule has 2 aromatic rings. The average molecular weight is 356 g/mol. The summed E-state index contributed by atoms with van der Waals surface area (Å²) in [6, 6.07) is 5.23. The lowest BCUT2D eigenvalue weighted by molar-refractivity contribution is 0.0942. The first-order valence-electron chi connectivity index (χ1n) is 7.40. The van der Waals surface area contributed by atoms with Crippen molar-refractivity contribution in [2.24, 2.45) is 7.05 Å². The summed E-state index contributed by atoms with van der Waals surface area (Å²) in [5.74, 6) is 0.286. The first kappa shape index (κ1) is 17.6. The summed E-state index contributed by atoms with van der Waals surface area (Å²) in [6.45, 7) is 3.02. The summed E-state index contributed by atoms with van der Waals surface area (Å²) in [5.41, 5.74) is 1.22. The molecule has 0 aliphatic rings. The van der Waals surface area contributed by atoms with Gasteiger partial charge in [-0.2, -0.15) is 0 Å². The van der Waals surface area contributed by atoms with Crippen LogP contribution < -0.4 is 10.1 Å². The summed E-state index contributed by atoms with van der Waals surface area (Å²) < 4.78 is 7.20. The van der Waals surface area contributed by atoms with E-state index in [1.165, 1.54) is 0 Å². The molecule has 7 heteroatoms. The minimum atomic E-state index is -0.260. The number of rotatable bonds is 7. The largest absolute Gasteiger partial charge is 0.477 e. The third-order valence-electron chi connectivity index (χ3n) is 3.38. The number of amides is 1. The fourth-order valence-corrected chi connectivity index (χ4v) is 2.40. The van der Waals surface area contributed by atoms with Crippen LogP contribution in [0.2, 0.25) is 10.2 Å². The summed E-state index contributed by atoms with van der Waals surface area (Å²) in [4.78, 5) is 16.5. The number of nitrogens with zero attached hydrogens (tertiary/aromatic N) is 2. The Kier molecular flexibility index (Phi) is 6.30. The number of halogens is 2. The number of carbonyl (C=O) groups is 1. The van der Waals surface area contributed by atoms with Crippen LogP contribution in [0.15, 0.2) is 24.4 Å². The maximum Gasteiger partial charge on any atom is 0.268 e. The maximum absolute atomic E-state index is 12.3. The molecule has 0 saturated carbocycles. The van der Waals surface area contributed by atoms with Gasteiger partial charge in [0.05, 0.1) is 11.6 Å². The fraction of sp³-hybridized carbons (Fsp3) is 0.375. The fourth-order valence-electron chi connectivity index (χ4n) is 2.03. The van der Waals surface area contributed by atoms with E-state index >= 15 is 0 Å². The number of hydrogen-bond acceptors (Lipinski definition) is 3. The molecule has 124 valence electrons. The highest BCUT2D eigenvalue weighted by Gasteiger charge is 2.16. The van der Waals surface area contributed by atoms with Gasteiger partial charge in [-0.1, -0.05) is 42.6 Å². The quantitative estimate of drug-likeness (QED) is 0.767. The molecule has 5 nitrogen and oxygen atoms in total. The summed E-state index contributed by atoms with van der Waals surface area (Å²) in [6.07, 6.45) is 3.68. The van der Waals surface area contributed by atoms with E-state index in [-0.39, 0.29) is 5.91 Å². The predicted molar refractivity (Wildman–Crippen MR) is 91.2 cm³/mol. The number of nitrogens with one attached hydrogen (secondary N) is 1. The van der Waals surface area contributed by atoms with Crippen molar-refractivity contribution in [1.82, 2.24) is 14.9 Å². The Labute approximate surface area is 145 Å². The van der Waals surface area contributed by atoms with E-state index in [1.54, 1.807) is 23.9 Å². The molecule has 0 aromatic carbocycles. The Hall–Kier alpha value is -1.72. The number of aromatic nitrogens is 2. The lowest BCUT2D eigenvalue weighted by Gasteiger charge is -2.11.